The van der Waals surface area contributed by atoms with E-state index in [0.717, 1.165) is 12.1 Å². The molecule has 0 spiro atoms. The summed E-state index contributed by atoms with van der Waals surface area (Å²) in [6.07, 6.45) is 0.448. The third kappa shape index (κ3) is 1.96. The molecule has 0 aromatic heterocycles. The van der Waals surface area contributed by atoms with Gasteiger partial charge in [0.1, 0.15) is 6.29 Å². The summed E-state index contributed by atoms with van der Waals surface area (Å²) in [6, 6.07) is 1.78. The molecule has 1 N–H and O–H groups in total. The number of hydrogen-bond acceptors (Lipinski definition) is 2. The molecule has 1 rings (SSSR count). The molecule has 0 aliphatic heterocycles. The molecule has 1 aromatic rings. The third-order valence-corrected chi connectivity index (χ3v) is 2.06. The summed E-state index contributed by atoms with van der Waals surface area (Å²) in [6.45, 7) is 1.41. The minimum Gasteiger partial charge on any atom is -0.396 e. The van der Waals surface area contributed by atoms with Crippen molar-refractivity contribution in [2.24, 2.45) is 0 Å². The lowest BCUT2D eigenvalue weighted by atomic mass is 9.96. The van der Waals surface area contributed by atoms with Crippen molar-refractivity contribution < 1.29 is 18.7 Å². The molecule has 0 bridgehead atoms. The molecule has 0 aliphatic carbocycles. The van der Waals surface area contributed by atoms with Crippen LogP contribution >= 0.6 is 0 Å². The number of aldehydes is 1. The number of carbonyl (C=O) groups is 1. The van der Waals surface area contributed by atoms with Crippen LogP contribution < -0.4 is 0 Å². The summed E-state index contributed by atoms with van der Waals surface area (Å²) < 4.78 is 25.5. The van der Waals surface area contributed by atoms with E-state index in [9.17, 15) is 13.6 Å². The van der Waals surface area contributed by atoms with Gasteiger partial charge in [0.2, 0.25) is 0 Å². The molecule has 14 heavy (non-hydrogen) atoms. The van der Waals surface area contributed by atoms with Crippen molar-refractivity contribution in [3.05, 3.63) is 34.9 Å². The van der Waals surface area contributed by atoms with Crippen LogP contribution in [0.1, 0.15) is 28.8 Å². The van der Waals surface area contributed by atoms with Gasteiger partial charge in [-0.3, -0.25) is 4.79 Å². The molecular weight excluding hydrogens is 190 g/mol. The first-order chi connectivity index (χ1) is 6.60. The summed E-state index contributed by atoms with van der Waals surface area (Å²) in [5, 5.41) is 8.84. The second-order valence-corrected chi connectivity index (χ2v) is 3.10. The normalized spacial score (nSPS) is 12.6. The quantitative estimate of drug-likeness (QED) is 0.756. The Morgan fingerprint density at radius 1 is 1.43 bits per heavy atom. The predicted octanol–water partition coefficient (Wildman–Crippen LogP) is 1.87. The van der Waals surface area contributed by atoms with E-state index in [1.54, 1.807) is 6.92 Å². The van der Waals surface area contributed by atoms with Gasteiger partial charge in [-0.25, -0.2) is 8.78 Å². The number of carbonyl (C=O) groups excluding carboxylic acids is 1. The molecule has 0 fully saturated rings. The van der Waals surface area contributed by atoms with Gasteiger partial charge in [-0.15, -0.1) is 0 Å². The first-order valence-electron chi connectivity index (χ1n) is 4.15. The second-order valence-electron chi connectivity index (χ2n) is 3.10. The fourth-order valence-electron chi connectivity index (χ4n) is 1.20. The lowest BCUT2D eigenvalue weighted by molar-refractivity contribution is 0.112. The Hall–Kier alpha value is -1.29. The van der Waals surface area contributed by atoms with Gasteiger partial charge in [0.25, 0.3) is 0 Å². The van der Waals surface area contributed by atoms with Crippen LogP contribution in [0.5, 0.6) is 0 Å². The standard InChI is InChI=1S/C10H10F2O2/c1-6(4-13)8-3-10(12)9(11)2-7(8)5-14/h2-3,5-6,13H,4H2,1H3. The fourth-order valence-corrected chi connectivity index (χ4v) is 1.20. The molecule has 0 radical (unpaired) electrons. The highest BCUT2D eigenvalue weighted by Crippen LogP contribution is 2.21. The zero-order valence-corrected chi connectivity index (χ0v) is 7.63. The Labute approximate surface area is 80.2 Å². The van der Waals surface area contributed by atoms with Crippen molar-refractivity contribution in [2.45, 2.75) is 12.8 Å². The highest BCUT2D eigenvalue weighted by atomic mass is 19.2. The lowest BCUT2D eigenvalue weighted by Crippen LogP contribution is -2.05. The number of aliphatic hydroxyl groups excluding tert-OH is 1. The van der Waals surface area contributed by atoms with Gasteiger partial charge >= 0.3 is 0 Å². The van der Waals surface area contributed by atoms with Crippen LogP contribution in [0.25, 0.3) is 0 Å². The monoisotopic (exact) mass is 200 g/mol. The van der Waals surface area contributed by atoms with Crippen LogP contribution in [0.2, 0.25) is 0 Å². The second kappa shape index (κ2) is 4.28. The third-order valence-electron chi connectivity index (χ3n) is 2.06. The van der Waals surface area contributed by atoms with Crippen molar-refractivity contribution in [3.8, 4) is 0 Å². The highest BCUT2D eigenvalue weighted by Gasteiger charge is 2.13. The van der Waals surface area contributed by atoms with Crippen LogP contribution in [0.15, 0.2) is 12.1 Å². The average Bonchev–Trinajstić information content (AvgIpc) is 2.20. The van der Waals surface area contributed by atoms with E-state index in [4.69, 9.17) is 5.11 Å². The summed E-state index contributed by atoms with van der Waals surface area (Å²) in [4.78, 5) is 10.5. The van der Waals surface area contributed by atoms with Crippen molar-refractivity contribution in [3.63, 3.8) is 0 Å². The smallest absolute Gasteiger partial charge is 0.159 e. The van der Waals surface area contributed by atoms with Gasteiger partial charge in [0, 0.05) is 18.1 Å². The Kier molecular flexibility index (Phi) is 3.30. The van der Waals surface area contributed by atoms with Crippen LogP contribution in [-0.2, 0) is 0 Å². The van der Waals surface area contributed by atoms with Crippen LogP contribution in [0, 0.1) is 11.6 Å². The number of aliphatic hydroxyl groups is 1. The molecule has 76 valence electrons. The van der Waals surface area contributed by atoms with Crippen molar-refractivity contribution >= 4 is 6.29 Å². The van der Waals surface area contributed by atoms with Gasteiger partial charge in [-0.1, -0.05) is 6.92 Å². The summed E-state index contributed by atoms with van der Waals surface area (Å²) in [5.74, 6) is -2.45. The zero-order valence-electron chi connectivity index (χ0n) is 7.63. The first kappa shape index (κ1) is 10.8. The molecule has 0 heterocycles. The van der Waals surface area contributed by atoms with E-state index >= 15 is 0 Å². The number of benzene rings is 1. The summed E-state index contributed by atoms with van der Waals surface area (Å²) in [5.41, 5.74) is 0.395. The van der Waals surface area contributed by atoms with E-state index in [2.05, 4.69) is 0 Å². The van der Waals surface area contributed by atoms with E-state index in [1.165, 1.54) is 0 Å². The number of rotatable bonds is 3. The molecule has 0 saturated heterocycles. The van der Waals surface area contributed by atoms with E-state index in [1.807, 2.05) is 0 Å². The molecular formula is C10H10F2O2. The highest BCUT2D eigenvalue weighted by molar-refractivity contribution is 5.77. The lowest BCUT2D eigenvalue weighted by Gasteiger charge is -2.11. The summed E-state index contributed by atoms with van der Waals surface area (Å²) in [7, 11) is 0. The molecule has 0 saturated carbocycles. The molecule has 1 unspecified atom stereocenters. The Balaban J connectivity index is 3.26. The number of halogens is 2. The Bertz CT molecular complexity index is 350. The van der Waals surface area contributed by atoms with E-state index in [0.29, 0.717) is 11.8 Å². The SMILES string of the molecule is CC(CO)c1cc(F)c(F)cc1C=O. The van der Waals surface area contributed by atoms with Crippen molar-refractivity contribution in [1.82, 2.24) is 0 Å². The maximum atomic E-state index is 12.8. The van der Waals surface area contributed by atoms with Crippen molar-refractivity contribution in [1.29, 1.82) is 0 Å². The summed E-state index contributed by atoms with van der Waals surface area (Å²) >= 11 is 0. The largest absolute Gasteiger partial charge is 0.396 e. The van der Waals surface area contributed by atoms with E-state index < -0.39 is 11.6 Å². The van der Waals surface area contributed by atoms with Crippen LogP contribution in [-0.4, -0.2) is 18.0 Å². The van der Waals surface area contributed by atoms with Crippen LogP contribution in [0.3, 0.4) is 0 Å². The molecule has 4 heteroatoms. The molecule has 0 amide bonds. The van der Waals surface area contributed by atoms with Crippen molar-refractivity contribution in [2.75, 3.05) is 6.61 Å². The van der Waals surface area contributed by atoms with Gasteiger partial charge in [-0.2, -0.15) is 0 Å². The Morgan fingerprint density at radius 3 is 2.50 bits per heavy atom. The van der Waals surface area contributed by atoms with Gasteiger partial charge in [-0.05, 0) is 17.7 Å². The fraction of sp³-hybridized carbons (Fsp3) is 0.300. The molecule has 1 aromatic carbocycles. The van der Waals surface area contributed by atoms with Gasteiger partial charge < -0.3 is 5.11 Å². The van der Waals surface area contributed by atoms with Gasteiger partial charge in [0.15, 0.2) is 11.6 Å². The average molecular weight is 200 g/mol. The maximum Gasteiger partial charge on any atom is 0.159 e. The zero-order chi connectivity index (χ0) is 10.7. The first-order valence-corrected chi connectivity index (χ1v) is 4.15. The number of hydrogen-bond donors (Lipinski definition) is 1. The molecule has 2 nitrogen and oxygen atoms in total. The molecule has 1 atom stereocenters. The van der Waals surface area contributed by atoms with Gasteiger partial charge in [0.05, 0.1) is 0 Å². The maximum absolute atomic E-state index is 12.8. The predicted molar refractivity (Wildman–Crippen MR) is 47.2 cm³/mol. The van der Waals surface area contributed by atoms with Crippen LogP contribution in [0.4, 0.5) is 8.78 Å². The minimum atomic E-state index is -1.05. The molecule has 0 aliphatic rings. The van der Waals surface area contributed by atoms with E-state index in [-0.39, 0.29) is 18.1 Å². The Morgan fingerprint density at radius 2 is 2.00 bits per heavy atom. The minimum absolute atomic E-state index is 0.0745. The topological polar surface area (TPSA) is 37.3 Å².